The highest BCUT2D eigenvalue weighted by Gasteiger charge is 2.39. The molecule has 0 aromatic heterocycles. The SMILES string of the molecule is CC(C)(C)[Si](C)(C)Oc1cc(C#N)ccc1C=O. The van der Waals surface area contributed by atoms with Crippen molar-refractivity contribution < 1.29 is 9.22 Å². The highest BCUT2D eigenvalue weighted by atomic mass is 28.4. The van der Waals surface area contributed by atoms with Crippen LogP contribution < -0.4 is 4.43 Å². The van der Waals surface area contributed by atoms with Crippen LogP contribution in [0.4, 0.5) is 0 Å². The molecule has 0 amide bonds. The Bertz CT molecular complexity index is 495. The largest absolute Gasteiger partial charge is 0.543 e. The van der Waals surface area contributed by atoms with Gasteiger partial charge in [0.2, 0.25) is 0 Å². The van der Waals surface area contributed by atoms with Gasteiger partial charge in [0.1, 0.15) is 5.75 Å². The number of aldehydes is 1. The lowest BCUT2D eigenvalue weighted by molar-refractivity contribution is 0.112. The predicted molar refractivity (Wildman–Crippen MR) is 74.4 cm³/mol. The van der Waals surface area contributed by atoms with E-state index < -0.39 is 8.32 Å². The molecular weight excluding hydrogens is 242 g/mol. The number of carbonyl (C=O) groups excluding carboxylic acids is 1. The predicted octanol–water partition coefficient (Wildman–Crippen LogP) is 3.75. The average molecular weight is 261 g/mol. The van der Waals surface area contributed by atoms with Gasteiger partial charge in [0.15, 0.2) is 6.29 Å². The fraction of sp³-hybridized carbons (Fsp3) is 0.429. The van der Waals surface area contributed by atoms with Crippen molar-refractivity contribution in [1.29, 1.82) is 5.26 Å². The molecule has 0 heterocycles. The third-order valence-electron chi connectivity index (χ3n) is 3.44. The van der Waals surface area contributed by atoms with Crippen molar-refractivity contribution in [3.8, 4) is 11.8 Å². The Morgan fingerprint density at radius 3 is 2.39 bits per heavy atom. The van der Waals surface area contributed by atoms with Crippen molar-refractivity contribution in [1.82, 2.24) is 0 Å². The smallest absolute Gasteiger partial charge is 0.250 e. The summed E-state index contributed by atoms with van der Waals surface area (Å²) in [5.74, 6) is 0.524. The van der Waals surface area contributed by atoms with Gasteiger partial charge in [0, 0.05) is 0 Å². The summed E-state index contributed by atoms with van der Waals surface area (Å²) >= 11 is 0. The van der Waals surface area contributed by atoms with E-state index in [4.69, 9.17) is 9.69 Å². The van der Waals surface area contributed by atoms with Gasteiger partial charge in [-0.15, -0.1) is 0 Å². The number of benzene rings is 1. The Morgan fingerprint density at radius 2 is 1.94 bits per heavy atom. The summed E-state index contributed by atoms with van der Waals surface area (Å²) in [6.07, 6.45) is 0.767. The number of rotatable bonds is 3. The third-order valence-corrected chi connectivity index (χ3v) is 7.78. The molecule has 1 rings (SSSR count). The van der Waals surface area contributed by atoms with Crippen LogP contribution in [0.3, 0.4) is 0 Å². The number of hydrogen-bond acceptors (Lipinski definition) is 3. The van der Waals surface area contributed by atoms with Gasteiger partial charge < -0.3 is 4.43 Å². The van der Waals surface area contributed by atoms with Crippen LogP contribution in [0.25, 0.3) is 0 Å². The molecular formula is C14H19NO2Si. The van der Waals surface area contributed by atoms with E-state index in [-0.39, 0.29) is 5.04 Å². The summed E-state index contributed by atoms with van der Waals surface area (Å²) in [6.45, 7) is 10.6. The van der Waals surface area contributed by atoms with E-state index in [1.165, 1.54) is 0 Å². The van der Waals surface area contributed by atoms with Crippen LogP contribution in [0.5, 0.6) is 5.75 Å². The maximum atomic E-state index is 11.0. The van der Waals surface area contributed by atoms with Crippen molar-refractivity contribution in [3.05, 3.63) is 29.3 Å². The molecule has 0 N–H and O–H groups in total. The second kappa shape index (κ2) is 4.95. The lowest BCUT2D eigenvalue weighted by Gasteiger charge is -2.36. The van der Waals surface area contributed by atoms with E-state index >= 15 is 0 Å². The first-order valence-corrected chi connectivity index (χ1v) is 8.80. The standard InChI is InChI=1S/C14H19NO2Si/c1-14(2,3)18(4,5)17-13-8-11(9-15)6-7-12(13)10-16/h6-8,10H,1-5H3. The third kappa shape index (κ3) is 2.99. The highest BCUT2D eigenvalue weighted by molar-refractivity contribution is 6.74. The molecule has 4 heteroatoms. The minimum atomic E-state index is -2.00. The van der Waals surface area contributed by atoms with E-state index in [0.29, 0.717) is 16.9 Å². The molecule has 0 aliphatic carbocycles. The molecule has 1 aromatic rings. The van der Waals surface area contributed by atoms with E-state index in [1.807, 2.05) is 0 Å². The summed E-state index contributed by atoms with van der Waals surface area (Å²) in [5.41, 5.74) is 1.01. The first kappa shape index (κ1) is 14.5. The minimum Gasteiger partial charge on any atom is -0.543 e. The average Bonchev–Trinajstić information content (AvgIpc) is 2.26. The van der Waals surface area contributed by atoms with Crippen LogP contribution in [-0.4, -0.2) is 14.6 Å². The number of nitrogens with zero attached hydrogens (tertiary/aromatic N) is 1. The van der Waals surface area contributed by atoms with Crippen LogP contribution >= 0.6 is 0 Å². The van der Waals surface area contributed by atoms with E-state index in [1.54, 1.807) is 18.2 Å². The second-order valence-electron chi connectivity index (χ2n) is 5.84. The quantitative estimate of drug-likeness (QED) is 0.615. The van der Waals surface area contributed by atoms with E-state index in [0.717, 1.165) is 6.29 Å². The maximum Gasteiger partial charge on any atom is 0.250 e. The van der Waals surface area contributed by atoms with Gasteiger partial charge in [-0.1, -0.05) is 20.8 Å². The Morgan fingerprint density at radius 1 is 1.33 bits per heavy atom. The van der Waals surface area contributed by atoms with Crippen molar-refractivity contribution in [3.63, 3.8) is 0 Å². The molecule has 96 valence electrons. The number of hydrogen-bond donors (Lipinski definition) is 0. The monoisotopic (exact) mass is 261 g/mol. The summed E-state index contributed by atoms with van der Waals surface area (Å²) in [5, 5.41) is 8.95. The van der Waals surface area contributed by atoms with Gasteiger partial charge in [-0.3, -0.25) is 4.79 Å². The van der Waals surface area contributed by atoms with Crippen molar-refractivity contribution in [2.45, 2.75) is 38.9 Å². The van der Waals surface area contributed by atoms with Crippen molar-refractivity contribution in [2.75, 3.05) is 0 Å². The molecule has 0 aliphatic rings. The van der Waals surface area contributed by atoms with Gasteiger partial charge in [-0.25, -0.2) is 0 Å². The molecule has 0 aliphatic heterocycles. The molecule has 3 nitrogen and oxygen atoms in total. The zero-order chi connectivity index (χ0) is 14.0. The van der Waals surface area contributed by atoms with Crippen molar-refractivity contribution in [2.24, 2.45) is 0 Å². The van der Waals surface area contributed by atoms with Gasteiger partial charge in [-0.2, -0.15) is 5.26 Å². The second-order valence-corrected chi connectivity index (χ2v) is 10.6. The van der Waals surface area contributed by atoms with Crippen LogP contribution in [0.1, 0.15) is 36.7 Å². The topological polar surface area (TPSA) is 50.1 Å². The van der Waals surface area contributed by atoms with Gasteiger partial charge >= 0.3 is 0 Å². The van der Waals surface area contributed by atoms with Gasteiger partial charge in [-0.05, 0) is 36.3 Å². The number of nitriles is 1. The van der Waals surface area contributed by atoms with Gasteiger partial charge in [0.25, 0.3) is 8.32 Å². The molecule has 0 radical (unpaired) electrons. The van der Waals surface area contributed by atoms with Gasteiger partial charge in [0.05, 0.1) is 17.2 Å². The summed E-state index contributed by atoms with van der Waals surface area (Å²) < 4.78 is 6.09. The molecule has 0 unspecified atom stereocenters. The zero-order valence-corrected chi connectivity index (χ0v) is 12.6. The Labute approximate surface area is 110 Å². The maximum absolute atomic E-state index is 11.0. The first-order valence-electron chi connectivity index (χ1n) is 5.89. The van der Waals surface area contributed by atoms with Crippen molar-refractivity contribution >= 4 is 14.6 Å². The summed E-state index contributed by atoms with van der Waals surface area (Å²) in [7, 11) is -2.00. The van der Waals surface area contributed by atoms with Crippen LogP contribution in [0.15, 0.2) is 18.2 Å². The highest BCUT2D eigenvalue weighted by Crippen LogP contribution is 2.38. The zero-order valence-electron chi connectivity index (χ0n) is 11.6. The van der Waals surface area contributed by atoms with Crippen LogP contribution in [-0.2, 0) is 0 Å². The fourth-order valence-electron chi connectivity index (χ4n) is 1.22. The Kier molecular flexibility index (Phi) is 3.97. The molecule has 0 saturated heterocycles. The molecule has 1 aromatic carbocycles. The normalized spacial score (nSPS) is 11.8. The molecule has 0 spiro atoms. The number of carbonyl (C=O) groups is 1. The molecule has 18 heavy (non-hydrogen) atoms. The molecule has 0 saturated carbocycles. The first-order chi connectivity index (χ1) is 8.21. The molecule has 0 atom stereocenters. The molecule has 0 fully saturated rings. The summed E-state index contributed by atoms with van der Waals surface area (Å²) in [4.78, 5) is 11.0. The lowest BCUT2D eigenvalue weighted by atomic mass is 10.1. The molecule has 0 bridgehead atoms. The van der Waals surface area contributed by atoms with Crippen LogP contribution in [0, 0.1) is 11.3 Å². The van der Waals surface area contributed by atoms with E-state index in [2.05, 4.69) is 39.9 Å². The fourth-order valence-corrected chi connectivity index (χ4v) is 2.25. The minimum absolute atomic E-state index is 0.0514. The Hall–Kier alpha value is -1.60. The summed E-state index contributed by atoms with van der Waals surface area (Å²) in [6, 6.07) is 6.97. The Balaban J connectivity index is 3.18. The lowest BCUT2D eigenvalue weighted by Crippen LogP contribution is -2.44. The van der Waals surface area contributed by atoms with Crippen LogP contribution in [0.2, 0.25) is 18.1 Å². The van der Waals surface area contributed by atoms with E-state index in [9.17, 15) is 4.79 Å².